The summed E-state index contributed by atoms with van der Waals surface area (Å²) >= 11 is 12.8. The van der Waals surface area contributed by atoms with Crippen molar-refractivity contribution in [2.75, 3.05) is 57.6 Å². The first-order valence-corrected chi connectivity index (χ1v) is 11.3. The Morgan fingerprint density at radius 2 is 1.77 bits per heavy atom. The van der Waals surface area contributed by atoms with Crippen LogP contribution >= 0.6 is 35.2 Å². The van der Waals surface area contributed by atoms with Crippen LogP contribution in [0.5, 0.6) is 0 Å². The number of thiocarbonyl (C=S) groups is 1. The van der Waals surface area contributed by atoms with Crippen LogP contribution in [0.15, 0.2) is 24.3 Å². The van der Waals surface area contributed by atoms with E-state index in [1.807, 2.05) is 24.3 Å². The molecular weight excluding hydrogens is 456 g/mol. The summed E-state index contributed by atoms with van der Waals surface area (Å²) < 4.78 is 4.94. The van der Waals surface area contributed by atoms with E-state index in [4.69, 9.17) is 28.6 Å². The molecule has 1 N–H and O–H groups in total. The van der Waals surface area contributed by atoms with Gasteiger partial charge in [0, 0.05) is 51.0 Å². The molecule has 1 amide bonds. The standard InChI is InChI=1S/C21H25ClN4O3S2/c1-13-16(20(28)29-4)18(31-17(13)19(27)24(2)3)23-21(30)26-11-9-25(10-12-26)15-7-5-14(22)6-8-15/h5-8H,9-12H2,1-4H3,(H,23,30). The van der Waals surface area contributed by atoms with Gasteiger partial charge in [-0.15, -0.1) is 11.3 Å². The third-order valence-electron chi connectivity index (χ3n) is 5.12. The zero-order chi connectivity index (χ0) is 22.7. The smallest absolute Gasteiger partial charge is 0.341 e. The van der Waals surface area contributed by atoms with Gasteiger partial charge in [-0.2, -0.15) is 0 Å². The molecular formula is C21H25ClN4O3S2. The van der Waals surface area contributed by atoms with Gasteiger partial charge in [-0.25, -0.2) is 4.79 Å². The summed E-state index contributed by atoms with van der Waals surface area (Å²) in [4.78, 5) is 31.2. The van der Waals surface area contributed by atoms with E-state index >= 15 is 0 Å². The van der Waals surface area contributed by atoms with Crippen LogP contribution in [0.4, 0.5) is 10.7 Å². The van der Waals surface area contributed by atoms with Crippen molar-refractivity contribution in [1.82, 2.24) is 9.80 Å². The van der Waals surface area contributed by atoms with Crippen molar-refractivity contribution in [1.29, 1.82) is 0 Å². The maximum absolute atomic E-state index is 12.5. The number of halogens is 1. The Labute approximate surface area is 196 Å². The molecule has 7 nitrogen and oxygen atoms in total. The number of carbonyl (C=O) groups is 2. The van der Waals surface area contributed by atoms with E-state index in [1.54, 1.807) is 21.0 Å². The molecule has 0 bridgehead atoms. The highest BCUT2D eigenvalue weighted by Crippen LogP contribution is 2.34. The Balaban J connectivity index is 1.73. The number of ether oxygens (including phenoxy) is 1. The monoisotopic (exact) mass is 480 g/mol. The van der Waals surface area contributed by atoms with Crippen LogP contribution in [0, 0.1) is 6.92 Å². The van der Waals surface area contributed by atoms with E-state index in [0.29, 0.717) is 31.1 Å². The van der Waals surface area contributed by atoms with Crippen LogP contribution < -0.4 is 10.2 Å². The number of nitrogens with one attached hydrogen (secondary N) is 1. The van der Waals surface area contributed by atoms with E-state index in [9.17, 15) is 9.59 Å². The molecule has 0 unspecified atom stereocenters. The van der Waals surface area contributed by atoms with Gasteiger partial charge < -0.3 is 24.8 Å². The number of carbonyl (C=O) groups excluding carboxylic acids is 2. The van der Waals surface area contributed by atoms with Gasteiger partial charge in [0.2, 0.25) is 0 Å². The van der Waals surface area contributed by atoms with E-state index < -0.39 is 5.97 Å². The molecule has 2 aromatic rings. The third-order valence-corrected chi connectivity index (χ3v) is 6.92. The number of piperazine rings is 1. The van der Waals surface area contributed by atoms with Gasteiger partial charge >= 0.3 is 5.97 Å². The largest absolute Gasteiger partial charge is 0.465 e. The molecule has 1 aromatic heterocycles. The van der Waals surface area contributed by atoms with Gasteiger partial charge in [-0.1, -0.05) is 11.6 Å². The van der Waals surface area contributed by atoms with Crippen molar-refractivity contribution >= 4 is 62.8 Å². The summed E-state index contributed by atoms with van der Waals surface area (Å²) in [6, 6.07) is 7.79. The number of hydrogen-bond acceptors (Lipinski definition) is 6. The lowest BCUT2D eigenvalue weighted by atomic mass is 10.1. The number of thiophene rings is 1. The first-order valence-electron chi connectivity index (χ1n) is 9.72. The first kappa shape index (κ1) is 23.3. The van der Waals surface area contributed by atoms with Crippen LogP contribution in [0.3, 0.4) is 0 Å². The summed E-state index contributed by atoms with van der Waals surface area (Å²) in [5, 5.41) is 4.94. The number of anilines is 2. The molecule has 1 aliphatic rings. The maximum Gasteiger partial charge on any atom is 0.341 e. The Bertz CT molecular complexity index is 983. The lowest BCUT2D eigenvalue weighted by molar-refractivity contribution is 0.0601. The van der Waals surface area contributed by atoms with E-state index in [0.717, 1.165) is 31.9 Å². The van der Waals surface area contributed by atoms with Crippen molar-refractivity contribution in [3.8, 4) is 0 Å². The Hall–Kier alpha value is -2.36. The maximum atomic E-state index is 12.5. The van der Waals surface area contributed by atoms with E-state index in [2.05, 4.69) is 15.1 Å². The molecule has 1 saturated heterocycles. The van der Waals surface area contributed by atoms with Gasteiger partial charge in [0.25, 0.3) is 5.91 Å². The zero-order valence-corrected chi connectivity index (χ0v) is 20.3. The Kier molecular flexibility index (Phi) is 7.40. The van der Waals surface area contributed by atoms with E-state index in [1.165, 1.54) is 23.3 Å². The Morgan fingerprint density at radius 3 is 2.32 bits per heavy atom. The molecule has 1 aromatic carbocycles. The lowest BCUT2D eigenvalue weighted by Crippen LogP contribution is -2.50. The average Bonchev–Trinajstić information content (AvgIpc) is 3.08. The minimum atomic E-state index is -0.496. The second kappa shape index (κ2) is 9.84. The molecule has 31 heavy (non-hydrogen) atoms. The molecule has 1 fully saturated rings. The number of hydrogen-bond donors (Lipinski definition) is 1. The van der Waals surface area contributed by atoms with Crippen molar-refractivity contribution in [3.05, 3.63) is 45.3 Å². The van der Waals surface area contributed by atoms with Gasteiger partial charge in [-0.3, -0.25) is 4.79 Å². The molecule has 2 heterocycles. The van der Waals surface area contributed by atoms with Crippen molar-refractivity contribution in [2.24, 2.45) is 0 Å². The van der Waals surface area contributed by atoms with Gasteiger partial charge in [0.05, 0.1) is 17.6 Å². The minimum absolute atomic E-state index is 0.164. The van der Waals surface area contributed by atoms with Crippen LogP contribution in [0.2, 0.25) is 5.02 Å². The molecule has 10 heteroatoms. The van der Waals surface area contributed by atoms with Crippen molar-refractivity contribution < 1.29 is 14.3 Å². The molecule has 0 saturated carbocycles. The fourth-order valence-corrected chi connectivity index (χ4v) is 5.04. The second-order valence-electron chi connectivity index (χ2n) is 7.33. The quantitative estimate of drug-likeness (QED) is 0.528. The highest BCUT2D eigenvalue weighted by atomic mass is 35.5. The van der Waals surface area contributed by atoms with Crippen LogP contribution in [0.1, 0.15) is 25.6 Å². The average molecular weight is 481 g/mol. The summed E-state index contributed by atoms with van der Waals surface area (Å²) in [6.07, 6.45) is 0. The fourth-order valence-electron chi connectivity index (χ4n) is 3.35. The summed E-state index contributed by atoms with van der Waals surface area (Å²) in [7, 11) is 4.68. The summed E-state index contributed by atoms with van der Waals surface area (Å²) in [5.74, 6) is -0.660. The van der Waals surface area contributed by atoms with Crippen LogP contribution in [-0.4, -0.2) is 74.2 Å². The number of benzene rings is 1. The number of rotatable bonds is 4. The highest BCUT2D eigenvalue weighted by molar-refractivity contribution is 7.80. The molecule has 0 atom stereocenters. The molecule has 1 aliphatic heterocycles. The van der Waals surface area contributed by atoms with Crippen LogP contribution in [-0.2, 0) is 4.74 Å². The van der Waals surface area contributed by atoms with Gasteiger partial charge in [0.15, 0.2) is 5.11 Å². The highest BCUT2D eigenvalue weighted by Gasteiger charge is 2.28. The molecule has 3 rings (SSSR count). The second-order valence-corrected chi connectivity index (χ2v) is 9.18. The number of methoxy groups -OCH3 is 1. The zero-order valence-electron chi connectivity index (χ0n) is 17.9. The summed E-state index contributed by atoms with van der Waals surface area (Å²) in [6.45, 7) is 4.83. The molecule has 166 valence electrons. The van der Waals surface area contributed by atoms with Gasteiger partial charge in [-0.05, 0) is 49.0 Å². The normalized spacial score (nSPS) is 13.7. The lowest BCUT2D eigenvalue weighted by Gasteiger charge is -2.37. The predicted octanol–water partition coefficient (Wildman–Crippen LogP) is 3.72. The third kappa shape index (κ3) is 5.11. The van der Waals surface area contributed by atoms with Gasteiger partial charge in [0.1, 0.15) is 5.00 Å². The predicted molar refractivity (Wildman–Crippen MR) is 130 cm³/mol. The van der Waals surface area contributed by atoms with Crippen molar-refractivity contribution in [3.63, 3.8) is 0 Å². The first-order chi connectivity index (χ1) is 14.7. The SMILES string of the molecule is COC(=O)c1c(NC(=S)N2CCN(c3ccc(Cl)cc3)CC2)sc(C(=O)N(C)C)c1C. The molecule has 0 spiro atoms. The Morgan fingerprint density at radius 1 is 1.16 bits per heavy atom. The van der Waals surface area contributed by atoms with Crippen LogP contribution in [0.25, 0.3) is 0 Å². The van der Waals surface area contributed by atoms with Crippen molar-refractivity contribution in [2.45, 2.75) is 6.92 Å². The minimum Gasteiger partial charge on any atom is -0.465 e. The number of esters is 1. The number of amides is 1. The molecule has 0 radical (unpaired) electrons. The molecule has 0 aliphatic carbocycles. The fraction of sp³-hybridized carbons (Fsp3) is 0.381. The summed E-state index contributed by atoms with van der Waals surface area (Å²) in [5.41, 5.74) is 2.06. The number of nitrogens with zero attached hydrogens (tertiary/aromatic N) is 3. The van der Waals surface area contributed by atoms with E-state index in [-0.39, 0.29) is 5.91 Å². The topological polar surface area (TPSA) is 65.1 Å².